The number of nitrogens with zero attached hydrogens (tertiary/aromatic N) is 5. The van der Waals surface area contributed by atoms with Crippen LogP contribution in [0, 0.1) is 0 Å². The van der Waals surface area contributed by atoms with E-state index in [0.29, 0.717) is 28.9 Å². The molecule has 4 heterocycles. The molecular formula is C49H29N5O2. The van der Waals surface area contributed by atoms with E-state index < -0.39 is 0 Å². The number of rotatable bonds is 6. The molecule has 7 heteroatoms. The fourth-order valence-corrected chi connectivity index (χ4v) is 7.44. The summed E-state index contributed by atoms with van der Waals surface area (Å²) in [5, 5.41) is 2.98. The fraction of sp³-hybridized carbons (Fsp3) is 0. The van der Waals surface area contributed by atoms with Gasteiger partial charge in [0.15, 0.2) is 28.9 Å². The van der Waals surface area contributed by atoms with Gasteiger partial charge in [-0.1, -0.05) is 146 Å². The predicted octanol–water partition coefficient (Wildman–Crippen LogP) is 12.5. The Morgan fingerprint density at radius 3 is 1.54 bits per heavy atom. The number of furan rings is 2. The van der Waals surface area contributed by atoms with Gasteiger partial charge in [-0.3, -0.25) is 0 Å². The average molecular weight is 720 g/mol. The molecule has 0 saturated carbocycles. The summed E-state index contributed by atoms with van der Waals surface area (Å²) in [6.45, 7) is 0. The third kappa shape index (κ3) is 5.41. The van der Waals surface area contributed by atoms with E-state index in [1.807, 2.05) is 121 Å². The van der Waals surface area contributed by atoms with Crippen LogP contribution in [-0.4, -0.2) is 24.9 Å². The number of benzene rings is 7. The van der Waals surface area contributed by atoms with Crippen LogP contribution >= 0.6 is 0 Å². The molecule has 0 aliphatic rings. The Labute approximate surface area is 320 Å². The molecule has 0 aliphatic carbocycles. The van der Waals surface area contributed by atoms with Crippen molar-refractivity contribution in [2.75, 3.05) is 0 Å². The first kappa shape index (κ1) is 31.7. The highest BCUT2D eigenvalue weighted by molar-refractivity contribution is 6.11. The average Bonchev–Trinajstić information content (AvgIpc) is 3.85. The molecule has 0 N–H and O–H groups in total. The second-order valence-electron chi connectivity index (χ2n) is 13.7. The monoisotopic (exact) mass is 719 g/mol. The van der Waals surface area contributed by atoms with Gasteiger partial charge in [-0.2, -0.15) is 0 Å². The Kier molecular flexibility index (Phi) is 7.35. The molecule has 11 aromatic rings. The molecule has 0 saturated heterocycles. The first-order chi connectivity index (χ1) is 27.7. The molecule has 4 aromatic heterocycles. The Hall–Kier alpha value is -7.77. The Balaban J connectivity index is 1.04. The molecule has 0 fully saturated rings. The van der Waals surface area contributed by atoms with E-state index >= 15 is 0 Å². The SMILES string of the molecule is c1ccc(-c2nc(-c3ccccc3)nc(-c3ccc4c(c3)oc3c(-c5cccc(-c6nc(-c7ccccc7)nc7c6oc6ccccc67)c5)cccc34)n2)cc1. The van der Waals surface area contributed by atoms with Crippen LogP contribution in [0.3, 0.4) is 0 Å². The van der Waals surface area contributed by atoms with Crippen LogP contribution in [0.2, 0.25) is 0 Å². The molecule has 56 heavy (non-hydrogen) atoms. The molecule has 0 unspecified atom stereocenters. The Morgan fingerprint density at radius 1 is 0.304 bits per heavy atom. The van der Waals surface area contributed by atoms with E-state index in [1.54, 1.807) is 0 Å². The lowest BCUT2D eigenvalue weighted by molar-refractivity contribution is 0.667. The quantitative estimate of drug-likeness (QED) is 0.169. The molecule has 7 nitrogen and oxygen atoms in total. The van der Waals surface area contributed by atoms with Gasteiger partial charge < -0.3 is 8.83 Å². The van der Waals surface area contributed by atoms with Gasteiger partial charge >= 0.3 is 0 Å². The molecule has 7 aromatic carbocycles. The van der Waals surface area contributed by atoms with Gasteiger partial charge in [0.05, 0.1) is 0 Å². The lowest BCUT2D eigenvalue weighted by Gasteiger charge is -2.09. The maximum atomic E-state index is 6.75. The van der Waals surface area contributed by atoms with Crippen LogP contribution in [0.15, 0.2) is 185 Å². The van der Waals surface area contributed by atoms with Gasteiger partial charge in [0.25, 0.3) is 0 Å². The number of aromatic nitrogens is 5. The van der Waals surface area contributed by atoms with Crippen LogP contribution < -0.4 is 0 Å². The Bertz CT molecular complexity index is 3190. The maximum absolute atomic E-state index is 6.75. The normalized spacial score (nSPS) is 11.6. The number of hydrogen-bond acceptors (Lipinski definition) is 7. The van der Waals surface area contributed by atoms with E-state index in [9.17, 15) is 0 Å². The highest BCUT2D eigenvalue weighted by Crippen LogP contribution is 2.40. The summed E-state index contributed by atoms with van der Waals surface area (Å²) < 4.78 is 13.2. The highest BCUT2D eigenvalue weighted by Gasteiger charge is 2.20. The van der Waals surface area contributed by atoms with Crippen LogP contribution in [0.5, 0.6) is 0 Å². The van der Waals surface area contributed by atoms with Crippen molar-refractivity contribution in [1.29, 1.82) is 0 Å². The zero-order valence-corrected chi connectivity index (χ0v) is 29.8. The highest BCUT2D eigenvalue weighted by atomic mass is 16.3. The second kappa shape index (κ2) is 13.0. The zero-order chi connectivity index (χ0) is 37.0. The van der Waals surface area contributed by atoms with Crippen LogP contribution in [0.4, 0.5) is 0 Å². The topological polar surface area (TPSA) is 90.7 Å². The largest absolute Gasteiger partial charge is 0.455 e. The molecule has 0 bridgehead atoms. The minimum Gasteiger partial charge on any atom is -0.455 e. The summed E-state index contributed by atoms with van der Waals surface area (Å²) in [4.78, 5) is 24.9. The van der Waals surface area contributed by atoms with Crippen molar-refractivity contribution in [3.8, 4) is 67.9 Å². The van der Waals surface area contributed by atoms with Gasteiger partial charge in [-0.05, 0) is 35.9 Å². The summed E-state index contributed by atoms with van der Waals surface area (Å²) in [5.41, 5.74) is 11.0. The first-order valence-electron chi connectivity index (χ1n) is 18.4. The predicted molar refractivity (Wildman–Crippen MR) is 223 cm³/mol. The molecular weight excluding hydrogens is 691 g/mol. The van der Waals surface area contributed by atoms with Gasteiger partial charge in [-0.25, -0.2) is 24.9 Å². The van der Waals surface area contributed by atoms with Crippen LogP contribution in [0.1, 0.15) is 0 Å². The van der Waals surface area contributed by atoms with E-state index in [2.05, 4.69) is 54.6 Å². The molecule has 0 spiro atoms. The molecule has 0 amide bonds. The Morgan fingerprint density at radius 2 is 0.839 bits per heavy atom. The number of hydrogen-bond donors (Lipinski definition) is 0. The summed E-state index contributed by atoms with van der Waals surface area (Å²) >= 11 is 0. The third-order valence-corrected chi connectivity index (χ3v) is 10.2. The summed E-state index contributed by atoms with van der Waals surface area (Å²) in [6, 6.07) is 58.9. The second-order valence-corrected chi connectivity index (χ2v) is 13.7. The molecule has 0 atom stereocenters. The van der Waals surface area contributed by atoms with Crippen molar-refractivity contribution in [3.63, 3.8) is 0 Å². The van der Waals surface area contributed by atoms with Crippen molar-refractivity contribution < 1.29 is 8.83 Å². The van der Waals surface area contributed by atoms with Gasteiger partial charge in [0.1, 0.15) is 28.0 Å². The minimum absolute atomic E-state index is 0.574. The van der Waals surface area contributed by atoms with E-state index in [0.717, 1.165) is 83.1 Å². The standard InChI is InChI=1S/C49H29N5O2/c1-4-14-30(15-5-1)46-50-42(45-43(51-46)39-22-10-11-25-40(39)55-45)34-21-12-20-33(28-34)36-23-13-24-38-37-27-26-35(29-41(37)56-44(36)38)49-53-47(31-16-6-2-7-17-31)52-48(54-49)32-18-8-3-9-19-32/h1-29H. The van der Waals surface area contributed by atoms with Crippen LogP contribution in [-0.2, 0) is 0 Å². The number of fused-ring (bicyclic) bond motifs is 6. The third-order valence-electron chi connectivity index (χ3n) is 10.2. The summed E-state index contributed by atoms with van der Waals surface area (Å²) in [6.07, 6.45) is 0. The molecule has 11 rings (SSSR count). The number of para-hydroxylation sites is 2. The van der Waals surface area contributed by atoms with Crippen molar-refractivity contribution in [1.82, 2.24) is 24.9 Å². The molecule has 262 valence electrons. The molecule has 0 radical (unpaired) electrons. The van der Waals surface area contributed by atoms with E-state index in [1.165, 1.54) is 0 Å². The van der Waals surface area contributed by atoms with Crippen LogP contribution in [0.25, 0.3) is 112 Å². The smallest absolute Gasteiger partial charge is 0.180 e. The van der Waals surface area contributed by atoms with Crippen molar-refractivity contribution >= 4 is 44.0 Å². The van der Waals surface area contributed by atoms with E-state index in [-0.39, 0.29) is 0 Å². The summed E-state index contributed by atoms with van der Waals surface area (Å²) in [7, 11) is 0. The van der Waals surface area contributed by atoms with Crippen molar-refractivity contribution in [2.45, 2.75) is 0 Å². The van der Waals surface area contributed by atoms with E-state index in [4.69, 9.17) is 33.8 Å². The maximum Gasteiger partial charge on any atom is 0.180 e. The van der Waals surface area contributed by atoms with Crippen molar-refractivity contribution in [3.05, 3.63) is 176 Å². The van der Waals surface area contributed by atoms with Crippen molar-refractivity contribution in [2.24, 2.45) is 0 Å². The lowest BCUT2D eigenvalue weighted by atomic mass is 9.99. The van der Waals surface area contributed by atoms with Gasteiger partial charge in [0.2, 0.25) is 0 Å². The lowest BCUT2D eigenvalue weighted by Crippen LogP contribution is -2.00. The zero-order valence-electron chi connectivity index (χ0n) is 29.8. The minimum atomic E-state index is 0.574. The van der Waals surface area contributed by atoms with Gasteiger partial charge in [-0.15, -0.1) is 0 Å². The van der Waals surface area contributed by atoms with Gasteiger partial charge in [0, 0.05) is 49.5 Å². The molecule has 0 aliphatic heterocycles. The fourth-order valence-electron chi connectivity index (χ4n) is 7.44. The first-order valence-corrected chi connectivity index (χ1v) is 18.4. The summed E-state index contributed by atoms with van der Waals surface area (Å²) in [5.74, 6) is 2.44.